The zero-order valence-electron chi connectivity index (χ0n) is 15.5. The van der Waals surface area contributed by atoms with E-state index < -0.39 is 5.54 Å². The molecule has 2 atom stereocenters. The van der Waals surface area contributed by atoms with Crippen LogP contribution in [0.5, 0.6) is 0 Å². The molecule has 5 nitrogen and oxygen atoms in total. The second-order valence-electron chi connectivity index (χ2n) is 7.19. The van der Waals surface area contributed by atoms with Crippen molar-refractivity contribution in [3.05, 3.63) is 35.4 Å². The number of halogens is 2. The molecular weight excluding hydrogens is 361 g/mol. The summed E-state index contributed by atoms with van der Waals surface area (Å²) < 4.78 is 5.76. The van der Waals surface area contributed by atoms with Crippen LogP contribution in [0.25, 0.3) is 0 Å². The summed E-state index contributed by atoms with van der Waals surface area (Å²) in [5, 5.41) is 2.94. The van der Waals surface area contributed by atoms with Gasteiger partial charge in [-0.3, -0.25) is 9.69 Å². The van der Waals surface area contributed by atoms with Gasteiger partial charge in [-0.25, -0.2) is 0 Å². The number of nitrogens with zero attached hydrogens (tertiary/aromatic N) is 1. The third-order valence-electron chi connectivity index (χ3n) is 4.08. The Bertz CT molecular complexity index is 528. The summed E-state index contributed by atoms with van der Waals surface area (Å²) in [7, 11) is 0. The molecule has 0 aliphatic carbocycles. The molecule has 25 heavy (non-hydrogen) atoms. The van der Waals surface area contributed by atoms with E-state index in [1.165, 1.54) is 5.56 Å². The maximum absolute atomic E-state index is 12.2. The molecule has 0 spiro atoms. The number of carbonyl (C=O) groups excluding carboxylic acids is 1. The molecule has 1 aliphatic rings. The number of nitrogens with one attached hydrogen (secondary N) is 1. The number of ether oxygens (including phenoxy) is 1. The highest BCUT2D eigenvalue weighted by molar-refractivity contribution is 5.94. The fourth-order valence-corrected chi connectivity index (χ4v) is 2.86. The number of benzene rings is 1. The summed E-state index contributed by atoms with van der Waals surface area (Å²) in [6.07, 6.45) is 0.532. The highest BCUT2D eigenvalue weighted by Crippen LogP contribution is 2.15. The summed E-state index contributed by atoms with van der Waals surface area (Å²) >= 11 is 0. The first-order valence-corrected chi connectivity index (χ1v) is 8.28. The van der Waals surface area contributed by atoms with E-state index in [0.29, 0.717) is 12.1 Å². The summed E-state index contributed by atoms with van der Waals surface area (Å²) in [5.41, 5.74) is 7.13. The van der Waals surface area contributed by atoms with E-state index in [4.69, 9.17) is 10.5 Å². The van der Waals surface area contributed by atoms with Crippen LogP contribution in [0.3, 0.4) is 0 Å². The fourth-order valence-electron chi connectivity index (χ4n) is 2.86. The minimum atomic E-state index is -0.393. The van der Waals surface area contributed by atoms with Gasteiger partial charge < -0.3 is 15.8 Å². The topological polar surface area (TPSA) is 67.6 Å². The first-order valence-electron chi connectivity index (χ1n) is 8.28. The smallest absolute Gasteiger partial charge is 0.251 e. The standard InChI is InChI=1S/C18H29N3O2.2ClH/c1-13-9-21(10-14(2)23-13)11-15-5-7-16(8-6-15)17(22)20-18(3,4)12-19;;/h5-8,13-14H,9-12,19H2,1-4H3,(H,20,22);2*1H. The van der Waals surface area contributed by atoms with Crippen molar-refractivity contribution in [1.29, 1.82) is 0 Å². The summed E-state index contributed by atoms with van der Waals surface area (Å²) in [5.74, 6) is -0.0828. The first-order chi connectivity index (χ1) is 10.8. The molecule has 2 rings (SSSR count). The number of hydrogen-bond donors (Lipinski definition) is 2. The van der Waals surface area contributed by atoms with Crippen molar-refractivity contribution in [2.24, 2.45) is 5.73 Å². The molecular formula is C18H31Cl2N3O2. The number of nitrogens with two attached hydrogens (primary N) is 1. The molecule has 7 heteroatoms. The lowest BCUT2D eigenvalue weighted by Gasteiger charge is -2.35. The largest absolute Gasteiger partial charge is 0.373 e. The molecule has 0 aromatic heterocycles. The van der Waals surface area contributed by atoms with Gasteiger partial charge in [-0.15, -0.1) is 24.8 Å². The summed E-state index contributed by atoms with van der Waals surface area (Å²) in [6, 6.07) is 7.81. The molecule has 1 aromatic carbocycles. The van der Waals surface area contributed by atoms with E-state index in [1.807, 2.05) is 38.1 Å². The lowest BCUT2D eigenvalue weighted by molar-refractivity contribution is -0.0704. The molecule has 1 amide bonds. The average Bonchev–Trinajstić information content (AvgIpc) is 2.46. The molecule has 0 saturated carbocycles. The Kier molecular flexibility index (Phi) is 9.98. The van der Waals surface area contributed by atoms with Gasteiger partial charge in [0.2, 0.25) is 0 Å². The number of carbonyl (C=O) groups is 1. The molecule has 1 aliphatic heterocycles. The zero-order chi connectivity index (χ0) is 17.0. The minimum absolute atomic E-state index is 0. The monoisotopic (exact) mass is 391 g/mol. The van der Waals surface area contributed by atoms with Gasteiger partial charge in [0, 0.05) is 37.3 Å². The van der Waals surface area contributed by atoms with E-state index in [9.17, 15) is 4.79 Å². The van der Waals surface area contributed by atoms with Crippen molar-refractivity contribution < 1.29 is 9.53 Å². The number of amides is 1. The second-order valence-corrected chi connectivity index (χ2v) is 7.19. The van der Waals surface area contributed by atoms with Crippen LogP contribution in [-0.4, -0.2) is 48.2 Å². The van der Waals surface area contributed by atoms with Crippen LogP contribution in [-0.2, 0) is 11.3 Å². The third-order valence-corrected chi connectivity index (χ3v) is 4.08. The van der Waals surface area contributed by atoms with Gasteiger partial charge in [-0.05, 0) is 45.4 Å². The van der Waals surface area contributed by atoms with Crippen molar-refractivity contribution >= 4 is 30.7 Å². The van der Waals surface area contributed by atoms with Gasteiger partial charge in [-0.1, -0.05) is 12.1 Å². The van der Waals surface area contributed by atoms with E-state index in [2.05, 4.69) is 24.1 Å². The number of morpholine rings is 1. The molecule has 2 unspecified atom stereocenters. The lowest BCUT2D eigenvalue weighted by Crippen LogP contribution is -2.48. The summed E-state index contributed by atoms with van der Waals surface area (Å²) in [6.45, 7) is 11.2. The Morgan fingerprint density at radius 3 is 2.20 bits per heavy atom. The molecule has 3 N–H and O–H groups in total. The van der Waals surface area contributed by atoms with Gasteiger partial charge in [-0.2, -0.15) is 0 Å². The van der Waals surface area contributed by atoms with E-state index in [1.54, 1.807) is 0 Å². The van der Waals surface area contributed by atoms with Crippen molar-refractivity contribution in [2.45, 2.75) is 52.0 Å². The number of rotatable bonds is 5. The Labute approximate surface area is 163 Å². The second kappa shape index (κ2) is 10.3. The van der Waals surface area contributed by atoms with E-state index in [-0.39, 0.29) is 42.9 Å². The third kappa shape index (κ3) is 7.50. The number of hydrogen-bond acceptors (Lipinski definition) is 4. The van der Waals surface area contributed by atoms with Gasteiger partial charge in [0.15, 0.2) is 0 Å². The fraction of sp³-hybridized carbons (Fsp3) is 0.611. The van der Waals surface area contributed by atoms with E-state index in [0.717, 1.165) is 19.6 Å². The van der Waals surface area contributed by atoms with Crippen LogP contribution in [0.2, 0.25) is 0 Å². The predicted molar refractivity (Wildman–Crippen MR) is 107 cm³/mol. The molecule has 1 aromatic rings. The van der Waals surface area contributed by atoms with Crippen LogP contribution in [0.15, 0.2) is 24.3 Å². The zero-order valence-corrected chi connectivity index (χ0v) is 17.1. The molecule has 144 valence electrons. The van der Waals surface area contributed by atoms with Crippen LogP contribution in [0, 0.1) is 0 Å². The normalized spacial score (nSPS) is 21.0. The average molecular weight is 392 g/mol. The molecule has 1 heterocycles. The quantitative estimate of drug-likeness (QED) is 0.809. The van der Waals surface area contributed by atoms with Gasteiger partial charge in [0.05, 0.1) is 12.2 Å². The first kappa shape index (κ1) is 24.1. The molecule has 1 saturated heterocycles. The van der Waals surface area contributed by atoms with Gasteiger partial charge >= 0.3 is 0 Å². The van der Waals surface area contributed by atoms with E-state index >= 15 is 0 Å². The Hall–Kier alpha value is -0.850. The van der Waals surface area contributed by atoms with Crippen molar-refractivity contribution in [3.63, 3.8) is 0 Å². The van der Waals surface area contributed by atoms with Crippen LogP contribution >= 0.6 is 24.8 Å². The molecule has 1 fully saturated rings. The maximum Gasteiger partial charge on any atom is 0.251 e. The lowest BCUT2D eigenvalue weighted by atomic mass is 10.0. The maximum atomic E-state index is 12.2. The van der Waals surface area contributed by atoms with Crippen molar-refractivity contribution in [1.82, 2.24) is 10.2 Å². The van der Waals surface area contributed by atoms with Gasteiger partial charge in [0.1, 0.15) is 0 Å². The molecule has 0 radical (unpaired) electrons. The Morgan fingerprint density at radius 1 is 1.20 bits per heavy atom. The Balaban J connectivity index is 0.00000288. The van der Waals surface area contributed by atoms with Crippen molar-refractivity contribution in [3.8, 4) is 0 Å². The summed E-state index contributed by atoms with van der Waals surface area (Å²) in [4.78, 5) is 14.6. The Morgan fingerprint density at radius 2 is 1.72 bits per heavy atom. The molecule has 0 bridgehead atoms. The predicted octanol–water partition coefficient (Wildman–Crippen LogP) is 2.61. The minimum Gasteiger partial charge on any atom is -0.373 e. The van der Waals surface area contributed by atoms with Crippen LogP contribution in [0.1, 0.15) is 43.6 Å². The van der Waals surface area contributed by atoms with Crippen LogP contribution in [0.4, 0.5) is 0 Å². The highest BCUT2D eigenvalue weighted by Gasteiger charge is 2.22. The van der Waals surface area contributed by atoms with Crippen LogP contribution < -0.4 is 11.1 Å². The highest BCUT2D eigenvalue weighted by atomic mass is 35.5. The SMILES string of the molecule is CC1CN(Cc2ccc(C(=O)NC(C)(C)CN)cc2)CC(C)O1.Cl.Cl. The van der Waals surface area contributed by atoms with Crippen molar-refractivity contribution in [2.75, 3.05) is 19.6 Å². The van der Waals surface area contributed by atoms with Gasteiger partial charge in [0.25, 0.3) is 5.91 Å².